The van der Waals surface area contributed by atoms with E-state index in [1.807, 2.05) is 47.9 Å². The number of hydrogen-bond acceptors (Lipinski definition) is 3. The zero-order valence-electron chi connectivity index (χ0n) is 9.42. The van der Waals surface area contributed by atoms with Gasteiger partial charge in [0.25, 0.3) is 0 Å². The molecule has 0 fully saturated rings. The van der Waals surface area contributed by atoms with Crippen molar-refractivity contribution in [1.29, 1.82) is 0 Å². The monoisotopic (exact) mass is 244 g/mol. The van der Waals surface area contributed by atoms with Crippen molar-refractivity contribution in [2.24, 2.45) is 0 Å². The van der Waals surface area contributed by atoms with Crippen molar-refractivity contribution in [2.45, 2.75) is 6.92 Å². The highest BCUT2D eigenvalue weighted by atomic mass is 32.1. The molecule has 86 valence electrons. The summed E-state index contributed by atoms with van der Waals surface area (Å²) in [5.74, 6) is 0.326. The minimum atomic E-state index is -0.294. The van der Waals surface area contributed by atoms with Gasteiger partial charge >= 0.3 is 5.97 Å². The molecule has 0 amide bonds. The van der Waals surface area contributed by atoms with Crippen molar-refractivity contribution in [1.82, 2.24) is 0 Å². The van der Waals surface area contributed by atoms with E-state index in [4.69, 9.17) is 4.74 Å². The number of hydrogen-bond donors (Lipinski definition) is 0. The summed E-state index contributed by atoms with van der Waals surface area (Å²) in [7, 11) is 0. The van der Waals surface area contributed by atoms with E-state index < -0.39 is 0 Å². The maximum absolute atomic E-state index is 10.9. The van der Waals surface area contributed by atoms with Crippen molar-refractivity contribution in [3.05, 3.63) is 52.2 Å². The fourth-order valence-electron chi connectivity index (χ4n) is 1.41. The van der Waals surface area contributed by atoms with Crippen LogP contribution >= 0.6 is 11.3 Å². The highest BCUT2D eigenvalue weighted by Crippen LogP contribution is 2.27. The molecule has 0 aliphatic carbocycles. The third kappa shape index (κ3) is 3.29. The lowest BCUT2D eigenvalue weighted by atomic mass is 10.2. The third-order valence-electron chi connectivity index (χ3n) is 2.14. The first-order valence-corrected chi connectivity index (χ1v) is 6.13. The summed E-state index contributed by atoms with van der Waals surface area (Å²) in [6, 6.07) is 11.8. The van der Waals surface area contributed by atoms with Crippen LogP contribution in [-0.4, -0.2) is 5.97 Å². The van der Waals surface area contributed by atoms with Crippen molar-refractivity contribution in [2.75, 3.05) is 0 Å². The van der Waals surface area contributed by atoms with Gasteiger partial charge < -0.3 is 4.74 Å². The highest BCUT2D eigenvalue weighted by molar-refractivity contribution is 7.11. The highest BCUT2D eigenvalue weighted by Gasteiger charge is 2.04. The first-order valence-electron chi connectivity index (χ1n) is 5.25. The van der Waals surface area contributed by atoms with Gasteiger partial charge in [0.2, 0.25) is 0 Å². The van der Waals surface area contributed by atoms with Crippen molar-refractivity contribution >= 4 is 29.5 Å². The molecule has 2 nitrogen and oxygen atoms in total. The van der Waals surface area contributed by atoms with Crippen molar-refractivity contribution in [3.63, 3.8) is 0 Å². The first kappa shape index (κ1) is 11.6. The van der Waals surface area contributed by atoms with Gasteiger partial charge in [-0.05, 0) is 23.1 Å². The summed E-state index contributed by atoms with van der Waals surface area (Å²) in [5.41, 5.74) is 1.12. The summed E-state index contributed by atoms with van der Waals surface area (Å²) in [5, 5.41) is 1.91. The molecular formula is C14H12O2S. The number of rotatable bonds is 3. The van der Waals surface area contributed by atoms with Crippen LogP contribution in [0.3, 0.4) is 0 Å². The SMILES string of the molecule is CC(=O)Oc1ccsc1C=Cc1ccccc1. The number of ether oxygens (including phenoxy) is 1. The van der Waals surface area contributed by atoms with Gasteiger partial charge in [0.05, 0.1) is 4.88 Å². The van der Waals surface area contributed by atoms with Crippen LogP contribution in [0.5, 0.6) is 5.75 Å². The molecular weight excluding hydrogens is 232 g/mol. The standard InChI is InChI=1S/C14H12O2S/c1-11(15)16-13-9-10-17-14(13)8-7-12-5-3-2-4-6-12/h2-10H,1H3. The van der Waals surface area contributed by atoms with Gasteiger partial charge in [-0.3, -0.25) is 4.79 Å². The fourth-order valence-corrected chi connectivity index (χ4v) is 2.12. The summed E-state index contributed by atoms with van der Waals surface area (Å²) >= 11 is 1.55. The molecule has 0 aliphatic rings. The molecule has 0 saturated heterocycles. The fraction of sp³-hybridized carbons (Fsp3) is 0.0714. The summed E-state index contributed by atoms with van der Waals surface area (Å²) in [6.45, 7) is 1.41. The molecule has 0 N–H and O–H groups in total. The molecule has 1 aromatic heterocycles. The molecule has 0 aliphatic heterocycles. The van der Waals surface area contributed by atoms with E-state index in [2.05, 4.69) is 0 Å². The Morgan fingerprint density at radius 2 is 1.94 bits per heavy atom. The van der Waals surface area contributed by atoms with E-state index >= 15 is 0 Å². The summed E-state index contributed by atoms with van der Waals surface area (Å²) in [4.78, 5) is 11.8. The Kier molecular flexibility index (Phi) is 3.73. The van der Waals surface area contributed by atoms with Gasteiger partial charge in [-0.15, -0.1) is 11.3 Å². The van der Waals surface area contributed by atoms with E-state index in [-0.39, 0.29) is 5.97 Å². The number of thiophene rings is 1. The lowest BCUT2D eigenvalue weighted by Crippen LogP contribution is -2.00. The van der Waals surface area contributed by atoms with E-state index in [1.165, 1.54) is 6.92 Å². The minimum Gasteiger partial charge on any atom is -0.425 e. The zero-order chi connectivity index (χ0) is 12.1. The number of carbonyl (C=O) groups excluding carboxylic acids is 1. The molecule has 3 heteroatoms. The molecule has 0 spiro atoms. The van der Waals surface area contributed by atoms with E-state index in [9.17, 15) is 4.79 Å². The quantitative estimate of drug-likeness (QED) is 0.767. The molecule has 17 heavy (non-hydrogen) atoms. The second-order valence-electron chi connectivity index (χ2n) is 3.49. The predicted molar refractivity (Wildman–Crippen MR) is 71.0 cm³/mol. The van der Waals surface area contributed by atoms with E-state index in [0.29, 0.717) is 5.75 Å². The third-order valence-corrected chi connectivity index (χ3v) is 3.00. The normalized spacial score (nSPS) is 10.6. The van der Waals surface area contributed by atoms with Gasteiger partial charge in [-0.1, -0.05) is 36.4 Å². The smallest absolute Gasteiger partial charge is 0.308 e. The van der Waals surface area contributed by atoms with E-state index in [0.717, 1.165) is 10.4 Å². The van der Waals surface area contributed by atoms with Gasteiger partial charge in [-0.2, -0.15) is 0 Å². The van der Waals surface area contributed by atoms with Crippen LogP contribution < -0.4 is 4.74 Å². The predicted octanol–water partition coefficient (Wildman–Crippen LogP) is 3.84. The van der Waals surface area contributed by atoms with Crippen molar-refractivity contribution < 1.29 is 9.53 Å². The van der Waals surface area contributed by atoms with Crippen LogP contribution in [0.4, 0.5) is 0 Å². The second-order valence-corrected chi connectivity index (χ2v) is 4.43. The lowest BCUT2D eigenvalue weighted by Gasteiger charge is -1.98. The average Bonchev–Trinajstić information content (AvgIpc) is 2.74. The lowest BCUT2D eigenvalue weighted by molar-refractivity contribution is -0.131. The molecule has 0 atom stereocenters. The zero-order valence-corrected chi connectivity index (χ0v) is 10.2. The van der Waals surface area contributed by atoms with Gasteiger partial charge in [0.1, 0.15) is 5.75 Å². The average molecular weight is 244 g/mol. The van der Waals surface area contributed by atoms with Crippen LogP contribution in [-0.2, 0) is 4.79 Å². The van der Waals surface area contributed by atoms with Crippen LogP contribution in [0.25, 0.3) is 12.2 Å². The molecule has 2 aromatic rings. The Bertz CT molecular complexity index is 526. The van der Waals surface area contributed by atoms with Crippen LogP contribution in [0.2, 0.25) is 0 Å². The largest absolute Gasteiger partial charge is 0.425 e. The Balaban J connectivity index is 2.16. The van der Waals surface area contributed by atoms with Gasteiger partial charge in [0.15, 0.2) is 0 Å². The first-order chi connectivity index (χ1) is 8.25. The molecule has 0 unspecified atom stereocenters. The van der Waals surface area contributed by atoms with Gasteiger partial charge in [-0.25, -0.2) is 0 Å². The van der Waals surface area contributed by atoms with E-state index in [1.54, 1.807) is 17.4 Å². The summed E-state index contributed by atoms with van der Waals surface area (Å²) in [6.07, 6.45) is 3.96. The summed E-state index contributed by atoms with van der Waals surface area (Å²) < 4.78 is 5.09. The Morgan fingerprint density at radius 3 is 2.65 bits per heavy atom. The van der Waals surface area contributed by atoms with Crippen LogP contribution in [0, 0.1) is 0 Å². The molecule has 0 radical (unpaired) electrons. The van der Waals surface area contributed by atoms with Crippen LogP contribution in [0.1, 0.15) is 17.4 Å². The Hall–Kier alpha value is -1.87. The van der Waals surface area contributed by atoms with Gasteiger partial charge in [0, 0.05) is 6.92 Å². The molecule has 1 aromatic carbocycles. The minimum absolute atomic E-state index is 0.294. The molecule has 2 rings (SSSR count). The van der Waals surface area contributed by atoms with Crippen molar-refractivity contribution in [3.8, 4) is 5.75 Å². The topological polar surface area (TPSA) is 26.3 Å². The maximum atomic E-state index is 10.9. The van der Waals surface area contributed by atoms with Crippen LogP contribution in [0.15, 0.2) is 41.8 Å². The number of carbonyl (C=O) groups is 1. The Morgan fingerprint density at radius 1 is 1.18 bits per heavy atom. The molecule has 0 bridgehead atoms. The molecule has 1 heterocycles. The molecule has 0 saturated carbocycles. The maximum Gasteiger partial charge on any atom is 0.308 e. The second kappa shape index (κ2) is 5.46. The number of esters is 1. The Labute approximate surface area is 104 Å². The number of benzene rings is 1.